The lowest BCUT2D eigenvalue weighted by Crippen LogP contribution is -2.21. The van der Waals surface area contributed by atoms with E-state index in [0.717, 1.165) is 5.92 Å². The number of pyridine rings is 1. The Hall–Kier alpha value is -0.890. The average Bonchev–Trinajstić information content (AvgIpc) is 2.27. The molecule has 0 saturated carbocycles. The van der Waals surface area contributed by atoms with E-state index in [1.807, 2.05) is 13.2 Å². The molecule has 0 saturated heterocycles. The lowest BCUT2D eigenvalue weighted by atomic mass is 9.93. The minimum atomic E-state index is 0.386. The summed E-state index contributed by atoms with van der Waals surface area (Å²) in [6, 6.07) is 2.61. The maximum absolute atomic E-state index is 4.60. The van der Waals surface area contributed by atoms with E-state index in [0.29, 0.717) is 6.04 Å². The molecular weight excluding hydrogens is 208 g/mol. The zero-order valence-corrected chi connectivity index (χ0v) is 11.9. The van der Waals surface area contributed by atoms with Gasteiger partial charge in [0.15, 0.2) is 0 Å². The fraction of sp³-hybridized carbons (Fsp3) is 0.667. The van der Waals surface area contributed by atoms with E-state index in [-0.39, 0.29) is 0 Å². The minimum absolute atomic E-state index is 0.386. The van der Waals surface area contributed by atoms with Gasteiger partial charge in [-0.05, 0) is 44.4 Å². The Morgan fingerprint density at radius 1 is 1.35 bits per heavy atom. The molecule has 0 fully saturated rings. The summed E-state index contributed by atoms with van der Waals surface area (Å²) in [4.78, 5) is 4.60. The molecule has 0 aliphatic rings. The normalized spacial score (nSPS) is 14.6. The zero-order valence-electron chi connectivity index (χ0n) is 11.9. The van der Waals surface area contributed by atoms with E-state index in [2.05, 4.69) is 44.1 Å². The molecule has 1 rings (SSSR count). The van der Waals surface area contributed by atoms with Crippen LogP contribution in [0.1, 0.15) is 56.0 Å². The molecule has 2 unspecified atom stereocenters. The van der Waals surface area contributed by atoms with Crippen molar-refractivity contribution < 1.29 is 0 Å². The molecule has 0 amide bonds. The Labute approximate surface area is 106 Å². The SMILES string of the molecule is CCCC(C)CC(NC)c1ncc(C)cc1C. The lowest BCUT2D eigenvalue weighted by Gasteiger charge is -2.21. The average molecular weight is 234 g/mol. The van der Waals surface area contributed by atoms with Crippen molar-refractivity contribution in [1.82, 2.24) is 10.3 Å². The van der Waals surface area contributed by atoms with Gasteiger partial charge in [0, 0.05) is 12.2 Å². The van der Waals surface area contributed by atoms with Crippen molar-refractivity contribution in [3.8, 4) is 0 Å². The van der Waals surface area contributed by atoms with E-state index in [4.69, 9.17) is 0 Å². The molecule has 96 valence electrons. The van der Waals surface area contributed by atoms with Gasteiger partial charge in [-0.3, -0.25) is 4.98 Å². The van der Waals surface area contributed by atoms with Crippen molar-refractivity contribution in [2.24, 2.45) is 5.92 Å². The van der Waals surface area contributed by atoms with Crippen molar-refractivity contribution in [1.29, 1.82) is 0 Å². The highest BCUT2D eigenvalue weighted by atomic mass is 14.9. The number of nitrogens with zero attached hydrogens (tertiary/aromatic N) is 1. The van der Waals surface area contributed by atoms with Gasteiger partial charge < -0.3 is 5.32 Å². The second kappa shape index (κ2) is 6.75. The highest BCUT2D eigenvalue weighted by Gasteiger charge is 2.16. The molecule has 1 aromatic heterocycles. The monoisotopic (exact) mass is 234 g/mol. The van der Waals surface area contributed by atoms with Crippen LogP contribution in [0.3, 0.4) is 0 Å². The number of aromatic nitrogens is 1. The van der Waals surface area contributed by atoms with Gasteiger partial charge >= 0.3 is 0 Å². The highest BCUT2D eigenvalue weighted by molar-refractivity contribution is 5.25. The summed E-state index contributed by atoms with van der Waals surface area (Å²) in [5.74, 6) is 0.750. The van der Waals surface area contributed by atoms with Gasteiger partial charge in [-0.2, -0.15) is 0 Å². The van der Waals surface area contributed by atoms with Crippen LogP contribution >= 0.6 is 0 Å². The maximum atomic E-state index is 4.60. The van der Waals surface area contributed by atoms with Gasteiger partial charge in [0.1, 0.15) is 0 Å². The Bertz CT molecular complexity index is 347. The number of nitrogens with one attached hydrogen (secondary N) is 1. The van der Waals surface area contributed by atoms with Crippen LogP contribution in [-0.4, -0.2) is 12.0 Å². The first-order chi connectivity index (χ1) is 8.08. The summed E-state index contributed by atoms with van der Waals surface area (Å²) in [5, 5.41) is 3.41. The minimum Gasteiger partial charge on any atom is -0.312 e. The van der Waals surface area contributed by atoms with Gasteiger partial charge in [0.25, 0.3) is 0 Å². The molecular formula is C15H26N2. The number of hydrogen-bond acceptors (Lipinski definition) is 2. The lowest BCUT2D eigenvalue weighted by molar-refractivity contribution is 0.400. The number of aryl methyl sites for hydroxylation is 2. The number of rotatable bonds is 6. The summed E-state index contributed by atoms with van der Waals surface area (Å²) >= 11 is 0. The van der Waals surface area contributed by atoms with Crippen molar-refractivity contribution in [2.75, 3.05) is 7.05 Å². The predicted molar refractivity (Wildman–Crippen MR) is 74.2 cm³/mol. The quantitative estimate of drug-likeness (QED) is 0.810. The van der Waals surface area contributed by atoms with Crippen LogP contribution in [0.4, 0.5) is 0 Å². The second-order valence-electron chi connectivity index (χ2n) is 5.19. The molecule has 2 nitrogen and oxygen atoms in total. The first-order valence-electron chi connectivity index (χ1n) is 6.68. The predicted octanol–water partition coefficient (Wildman–Crippen LogP) is 3.79. The largest absolute Gasteiger partial charge is 0.312 e. The van der Waals surface area contributed by atoms with Crippen LogP contribution in [0.15, 0.2) is 12.3 Å². The first kappa shape index (κ1) is 14.2. The highest BCUT2D eigenvalue weighted by Crippen LogP contribution is 2.24. The van der Waals surface area contributed by atoms with Gasteiger partial charge in [0.05, 0.1) is 5.69 Å². The third-order valence-corrected chi connectivity index (χ3v) is 3.35. The summed E-state index contributed by atoms with van der Waals surface area (Å²) in [5.41, 5.74) is 3.75. The third kappa shape index (κ3) is 4.12. The van der Waals surface area contributed by atoms with E-state index in [9.17, 15) is 0 Å². The summed E-state index contributed by atoms with van der Waals surface area (Å²) < 4.78 is 0. The van der Waals surface area contributed by atoms with Gasteiger partial charge in [0.2, 0.25) is 0 Å². The summed E-state index contributed by atoms with van der Waals surface area (Å²) in [6.07, 6.45) is 5.69. The topological polar surface area (TPSA) is 24.9 Å². The van der Waals surface area contributed by atoms with Crippen LogP contribution < -0.4 is 5.32 Å². The Kier molecular flexibility index (Phi) is 5.63. The molecule has 2 atom stereocenters. The molecule has 1 heterocycles. The molecule has 0 aliphatic carbocycles. The van der Waals surface area contributed by atoms with Crippen molar-refractivity contribution in [2.45, 2.75) is 53.0 Å². The van der Waals surface area contributed by atoms with E-state index in [1.54, 1.807) is 0 Å². The first-order valence-corrected chi connectivity index (χ1v) is 6.68. The van der Waals surface area contributed by atoms with Crippen LogP contribution in [0.5, 0.6) is 0 Å². The molecule has 0 aliphatic heterocycles. The summed E-state index contributed by atoms with van der Waals surface area (Å²) in [6.45, 7) is 8.83. The standard InChI is InChI=1S/C15H26N2/c1-6-7-11(2)9-14(16-5)15-13(4)8-12(3)10-17-15/h8,10-11,14,16H,6-7,9H2,1-5H3. The number of hydrogen-bond donors (Lipinski definition) is 1. The molecule has 1 aromatic rings. The van der Waals surface area contributed by atoms with E-state index < -0.39 is 0 Å². The van der Waals surface area contributed by atoms with E-state index >= 15 is 0 Å². The van der Waals surface area contributed by atoms with E-state index in [1.165, 1.54) is 36.1 Å². The Morgan fingerprint density at radius 3 is 2.59 bits per heavy atom. The van der Waals surface area contributed by atoms with Gasteiger partial charge in [-0.15, -0.1) is 0 Å². The fourth-order valence-corrected chi connectivity index (χ4v) is 2.47. The Morgan fingerprint density at radius 2 is 2.06 bits per heavy atom. The van der Waals surface area contributed by atoms with Crippen LogP contribution in [0.25, 0.3) is 0 Å². The zero-order chi connectivity index (χ0) is 12.8. The van der Waals surface area contributed by atoms with Crippen LogP contribution in [-0.2, 0) is 0 Å². The molecule has 0 aromatic carbocycles. The van der Waals surface area contributed by atoms with Crippen molar-refractivity contribution in [3.63, 3.8) is 0 Å². The van der Waals surface area contributed by atoms with Crippen molar-refractivity contribution >= 4 is 0 Å². The molecule has 0 bridgehead atoms. The third-order valence-electron chi connectivity index (χ3n) is 3.35. The molecule has 0 radical (unpaired) electrons. The van der Waals surface area contributed by atoms with Gasteiger partial charge in [-0.25, -0.2) is 0 Å². The second-order valence-corrected chi connectivity index (χ2v) is 5.19. The maximum Gasteiger partial charge on any atom is 0.0602 e. The van der Waals surface area contributed by atoms with Crippen LogP contribution in [0, 0.1) is 19.8 Å². The summed E-state index contributed by atoms with van der Waals surface area (Å²) in [7, 11) is 2.03. The smallest absolute Gasteiger partial charge is 0.0602 e. The Balaban J connectivity index is 2.79. The van der Waals surface area contributed by atoms with Gasteiger partial charge in [-0.1, -0.05) is 32.8 Å². The molecule has 17 heavy (non-hydrogen) atoms. The fourth-order valence-electron chi connectivity index (χ4n) is 2.47. The molecule has 2 heteroatoms. The van der Waals surface area contributed by atoms with Crippen molar-refractivity contribution in [3.05, 3.63) is 29.1 Å². The molecule has 1 N–H and O–H groups in total. The molecule has 0 spiro atoms. The van der Waals surface area contributed by atoms with Crippen LogP contribution in [0.2, 0.25) is 0 Å².